The van der Waals surface area contributed by atoms with Crippen molar-refractivity contribution in [2.75, 3.05) is 5.75 Å². The summed E-state index contributed by atoms with van der Waals surface area (Å²) in [5.41, 5.74) is 0. The minimum atomic E-state index is -3.16. The molecular weight excluding hydrogens is 214 g/mol. The van der Waals surface area contributed by atoms with Crippen molar-refractivity contribution in [2.24, 2.45) is 5.92 Å². The van der Waals surface area contributed by atoms with E-state index in [2.05, 4.69) is 4.72 Å². The molecule has 0 aromatic heterocycles. The Morgan fingerprint density at radius 2 is 1.80 bits per heavy atom. The van der Waals surface area contributed by atoms with Gasteiger partial charge in [0.1, 0.15) is 0 Å². The van der Waals surface area contributed by atoms with Crippen molar-refractivity contribution in [2.45, 2.75) is 50.7 Å². The summed E-state index contributed by atoms with van der Waals surface area (Å²) in [6, 6.07) is -0.248. The van der Waals surface area contributed by atoms with Gasteiger partial charge in [-0.2, -0.15) is 0 Å². The van der Waals surface area contributed by atoms with Gasteiger partial charge in [-0.05, 0) is 31.6 Å². The average Bonchev–Trinajstić information content (AvgIpc) is 2.91. The van der Waals surface area contributed by atoms with Gasteiger partial charge in [-0.25, -0.2) is 13.1 Å². The highest BCUT2D eigenvalue weighted by Crippen LogP contribution is 2.30. The van der Waals surface area contributed by atoms with E-state index in [9.17, 15) is 13.5 Å². The molecule has 2 aliphatic rings. The topological polar surface area (TPSA) is 66.4 Å². The fourth-order valence-corrected chi connectivity index (χ4v) is 3.91. The minimum Gasteiger partial charge on any atom is -0.391 e. The summed E-state index contributed by atoms with van der Waals surface area (Å²) in [5, 5.41) is 9.66. The molecule has 2 atom stereocenters. The normalized spacial score (nSPS) is 32.9. The number of aliphatic hydroxyl groups excluding tert-OH is 1. The molecule has 2 rings (SSSR count). The highest BCUT2D eigenvalue weighted by atomic mass is 32.2. The number of aliphatic hydroxyl groups is 1. The highest BCUT2D eigenvalue weighted by molar-refractivity contribution is 7.89. The van der Waals surface area contributed by atoms with Gasteiger partial charge in [0.15, 0.2) is 0 Å². The molecule has 2 aliphatic carbocycles. The lowest BCUT2D eigenvalue weighted by atomic mass is 9.93. The second-order valence-electron chi connectivity index (χ2n) is 4.80. The zero-order chi connectivity index (χ0) is 10.9. The van der Waals surface area contributed by atoms with Gasteiger partial charge in [-0.1, -0.05) is 12.8 Å². The van der Waals surface area contributed by atoms with Crippen molar-refractivity contribution in [3.8, 4) is 0 Å². The fraction of sp³-hybridized carbons (Fsp3) is 1.00. The van der Waals surface area contributed by atoms with Crippen molar-refractivity contribution >= 4 is 10.0 Å². The van der Waals surface area contributed by atoms with E-state index in [0.717, 1.165) is 38.5 Å². The molecule has 0 aromatic rings. The van der Waals surface area contributed by atoms with E-state index < -0.39 is 16.1 Å². The Balaban J connectivity index is 1.88. The molecule has 5 heteroatoms. The first-order chi connectivity index (χ1) is 7.07. The molecule has 2 saturated carbocycles. The van der Waals surface area contributed by atoms with Crippen molar-refractivity contribution in [1.82, 2.24) is 4.72 Å². The number of nitrogens with one attached hydrogen (secondary N) is 1. The van der Waals surface area contributed by atoms with Gasteiger partial charge < -0.3 is 5.11 Å². The number of sulfonamides is 1. The third-order valence-corrected chi connectivity index (χ3v) is 4.78. The molecule has 0 amide bonds. The first-order valence-corrected chi connectivity index (χ1v) is 7.40. The molecule has 2 fully saturated rings. The number of hydrogen-bond acceptors (Lipinski definition) is 3. The predicted molar refractivity (Wildman–Crippen MR) is 57.9 cm³/mol. The van der Waals surface area contributed by atoms with Crippen LogP contribution < -0.4 is 4.72 Å². The Morgan fingerprint density at radius 3 is 2.40 bits per heavy atom. The van der Waals surface area contributed by atoms with E-state index in [-0.39, 0.29) is 11.8 Å². The Morgan fingerprint density at radius 1 is 1.13 bits per heavy atom. The third kappa shape index (κ3) is 3.43. The molecule has 15 heavy (non-hydrogen) atoms. The van der Waals surface area contributed by atoms with E-state index in [1.54, 1.807) is 0 Å². The van der Waals surface area contributed by atoms with Gasteiger partial charge in [-0.15, -0.1) is 0 Å². The van der Waals surface area contributed by atoms with Gasteiger partial charge in [-0.3, -0.25) is 0 Å². The summed E-state index contributed by atoms with van der Waals surface area (Å²) in [6.45, 7) is 0. The van der Waals surface area contributed by atoms with E-state index in [1.165, 1.54) is 0 Å². The van der Waals surface area contributed by atoms with Gasteiger partial charge in [0, 0.05) is 6.04 Å². The maximum Gasteiger partial charge on any atom is 0.212 e. The summed E-state index contributed by atoms with van der Waals surface area (Å²) < 4.78 is 26.0. The van der Waals surface area contributed by atoms with E-state index >= 15 is 0 Å². The molecule has 0 heterocycles. The second-order valence-corrected chi connectivity index (χ2v) is 6.60. The van der Waals surface area contributed by atoms with Gasteiger partial charge in [0.25, 0.3) is 0 Å². The van der Waals surface area contributed by atoms with E-state index in [4.69, 9.17) is 0 Å². The number of hydrogen-bond donors (Lipinski definition) is 2. The van der Waals surface area contributed by atoms with Crippen molar-refractivity contribution in [3.05, 3.63) is 0 Å². The first kappa shape index (κ1) is 11.4. The highest BCUT2D eigenvalue weighted by Gasteiger charge is 2.32. The van der Waals surface area contributed by atoms with Crippen molar-refractivity contribution in [3.63, 3.8) is 0 Å². The lowest BCUT2D eigenvalue weighted by molar-refractivity contribution is 0.101. The van der Waals surface area contributed by atoms with E-state index in [0.29, 0.717) is 5.92 Å². The molecule has 2 N–H and O–H groups in total. The summed E-state index contributed by atoms with van der Waals surface area (Å²) in [7, 11) is -3.16. The Hall–Kier alpha value is -0.130. The molecule has 0 unspecified atom stereocenters. The molecule has 0 aromatic carbocycles. The number of rotatable bonds is 4. The van der Waals surface area contributed by atoms with Gasteiger partial charge in [0.05, 0.1) is 11.9 Å². The zero-order valence-corrected chi connectivity index (χ0v) is 9.67. The summed E-state index contributed by atoms with van der Waals surface area (Å²) in [4.78, 5) is 0. The Bertz CT molecular complexity index is 311. The zero-order valence-electron chi connectivity index (χ0n) is 8.85. The van der Waals surface area contributed by atoms with Crippen LogP contribution in [0.1, 0.15) is 38.5 Å². The largest absolute Gasteiger partial charge is 0.391 e. The van der Waals surface area contributed by atoms with Crippen LogP contribution in [0.5, 0.6) is 0 Å². The van der Waals surface area contributed by atoms with Crippen molar-refractivity contribution < 1.29 is 13.5 Å². The standard InChI is InChI=1S/C10H19NO3S/c12-10-4-2-1-3-9(10)11-15(13,14)7-8-5-6-8/h8-12H,1-7H2/t9-,10-/m1/s1. The average molecular weight is 233 g/mol. The first-order valence-electron chi connectivity index (χ1n) is 5.75. The van der Waals surface area contributed by atoms with Crippen LogP contribution in [0.2, 0.25) is 0 Å². The lowest BCUT2D eigenvalue weighted by Crippen LogP contribution is -2.45. The summed E-state index contributed by atoms with van der Waals surface area (Å²) in [6.07, 6.45) is 5.08. The summed E-state index contributed by atoms with van der Waals surface area (Å²) in [5.74, 6) is 0.610. The molecule has 0 radical (unpaired) electrons. The third-order valence-electron chi connectivity index (χ3n) is 3.21. The van der Waals surface area contributed by atoms with Crippen LogP contribution in [-0.4, -0.2) is 31.4 Å². The minimum absolute atomic E-state index is 0.246. The fourth-order valence-electron chi connectivity index (χ4n) is 2.12. The maximum atomic E-state index is 11.7. The quantitative estimate of drug-likeness (QED) is 0.748. The van der Waals surface area contributed by atoms with Crippen LogP contribution in [0.15, 0.2) is 0 Å². The van der Waals surface area contributed by atoms with Crippen LogP contribution in [0.3, 0.4) is 0 Å². The molecule has 0 bridgehead atoms. The second kappa shape index (κ2) is 4.39. The van der Waals surface area contributed by atoms with E-state index in [1.807, 2.05) is 0 Å². The molecular formula is C10H19NO3S. The van der Waals surface area contributed by atoms with Crippen LogP contribution in [-0.2, 0) is 10.0 Å². The SMILES string of the molecule is O=S(=O)(CC1CC1)N[C@@H]1CCCC[C@H]1O. The van der Waals surface area contributed by atoms with Crippen LogP contribution in [0.4, 0.5) is 0 Å². The summed E-state index contributed by atoms with van der Waals surface area (Å²) >= 11 is 0. The van der Waals surface area contributed by atoms with Crippen molar-refractivity contribution in [1.29, 1.82) is 0 Å². The van der Waals surface area contributed by atoms with Crippen LogP contribution >= 0.6 is 0 Å². The molecule has 0 saturated heterocycles. The Kier molecular flexibility index (Phi) is 3.33. The van der Waals surface area contributed by atoms with Gasteiger partial charge >= 0.3 is 0 Å². The Labute approximate surface area is 91.1 Å². The molecule has 88 valence electrons. The molecule has 0 aliphatic heterocycles. The predicted octanol–water partition coefficient (Wildman–Crippen LogP) is 0.619. The lowest BCUT2D eigenvalue weighted by Gasteiger charge is -2.28. The molecule has 4 nitrogen and oxygen atoms in total. The smallest absolute Gasteiger partial charge is 0.212 e. The molecule has 0 spiro atoms. The monoisotopic (exact) mass is 233 g/mol. The van der Waals surface area contributed by atoms with Gasteiger partial charge in [0.2, 0.25) is 10.0 Å². The van der Waals surface area contributed by atoms with Crippen LogP contribution in [0, 0.1) is 5.92 Å². The maximum absolute atomic E-state index is 11.7. The van der Waals surface area contributed by atoms with Crippen LogP contribution in [0.25, 0.3) is 0 Å².